The predicted molar refractivity (Wildman–Crippen MR) is 85.5 cm³/mol. The molecule has 0 bridgehead atoms. The van der Waals surface area contributed by atoms with Gasteiger partial charge in [0.25, 0.3) is 0 Å². The molecule has 1 fully saturated rings. The van der Waals surface area contributed by atoms with Crippen molar-refractivity contribution in [3.05, 3.63) is 24.2 Å². The van der Waals surface area contributed by atoms with Gasteiger partial charge in [0.2, 0.25) is 5.90 Å². The molecule has 5 N–H and O–H groups in total. The zero-order valence-corrected chi connectivity index (χ0v) is 13.1. The van der Waals surface area contributed by atoms with E-state index in [1.54, 1.807) is 0 Å². The van der Waals surface area contributed by atoms with Crippen LogP contribution in [0.5, 0.6) is 0 Å². The topological polar surface area (TPSA) is 153 Å². The van der Waals surface area contributed by atoms with Gasteiger partial charge in [-0.15, -0.1) is 0 Å². The number of aromatic nitrogens is 3. The Morgan fingerprint density at radius 3 is 2.76 bits per heavy atom. The third kappa shape index (κ3) is 2.15. The van der Waals surface area contributed by atoms with E-state index in [2.05, 4.69) is 15.0 Å². The molecule has 4 atom stereocenters. The van der Waals surface area contributed by atoms with Crippen LogP contribution < -0.4 is 0 Å². The summed E-state index contributed by atoms with van der Waals surface area (Å²) >= 11 is 0. The summed E-state index contributed by atoms with van der Waals surface area (Å²) in [5.74, 6) is -0.510. The Morgan fingerprint density at radius 2 is 2.08 bits per heavy atom. The summed E-state index contributed by atoms with van der Waals surface area (Å²) in [5.41, 5.74) is -1.13. The largest absolute Gasteiger partial charge is 0.507 e. The summed E-state index contributed by atoms with van der Waals surface area (Å²) in [6.07, 6.45) is 0.406. The van der Waals surface area contributed by atoms with E-state index in [9.17, 15) is 25.5 Å². The van der Waals surface area contributed by atoms with Crippen LogP contribution in [0.25, 0.3) is 16.8 Å². The van der Waals surface area contributed by atoms with Gasteiger partial charge in [0.15, 0.2) is 12.0 Å². The molecule has 0 amide bonds. The Balaban J connectivity index is 1.95. The van der Waals surface area contributed by atoms with Crippen LogP contribution in [0.15, 0.2) is 23.6 Å². The molecule has 0 radical (unpaired) electrons. The van der Waals surface area contributed by atoms with Crippen LogP contribution in [0.2, 0.25) is 0 Å². The van der Waals surface area contributed by atoms with Crippen LogP contribution in [0.1, 0.15) is 18.7 Å². The van der Waals surface area contributed by atoms with Crippen molar-refractivity contribution in [3.63, 3.8) is 0 Å². The lowest BCUT2D eigenvalue weighted by atomic mass is 9.96. The zero-order chi connectivity index (χ0) is 17.9. The normalized spacial score (nSPS) is 31.8. The van der Waals surface area contributed by atoms with E-state index in [-0.39, 0.29) is 17.2 Å². The van der Waals surface area contributed by atoms with E-state index in [1.807, 2.05) is 0 Å². The van der Waals surface area contributed by atoms with Crippen LogP contribution in [-0.4, -0.2) is 70.4 Å². The molecule has 0 saturated carbocycles. The zero-order valence-electron chi connectivity index (χ0n) is 13.1. The maximum absolute atomic E-state index is 10.7. The van der Waals surface area contributed by atoms with Gasteiger partial charge >= 0.3 is 0 Å². The molecule has 10 heteroatoms. The van der Waals surface area contributed by atoms with Crippen molar-refractivity contribution >= 4 is 28.5 Å². The molecule has 1 unspecified atom stereocenters. The van der Waals surface area contributed by atoms with E-state index < -0.39 is 36.5 Å². The quantitative estimate of drug-likeness (QED) is 0.505. The molecule has 2 aliphatic rings. The average Bonchev–Trinajstić information content (AvgIpc) is 3.00. The predicted octanol–water partition coefficient (Wildman–Crippen LogP) is -0.0666. The Bertz CT molecular complexity index is 918. The first-order chi connectivity index (χ1) is 11.8. The summed E-state index contributed by atoms with van der Waals surface area (Å²) in [6.45, 7) is 0.917. The average molecular weight is 348 g/mol. The number of hydrogen-bond acceptors (Lipinski definition) is 8. The molecule has 4 rings (SSSR count). The van der Waals surface area contributed by atoms with Gasteiger partial charge in [0, 0.05) is 17.8 Å². The second-order valence-electron chi connectivity index (χ2n) is 6.23. The molecule has 132 valence electrons. The highest BCUT2D eigenvalue weighted by Gasteiger charge is 2.53. The van der Waals surface area contributed by atoms with E-state index in [0.29, 0.717) is 10.9 Å². The van der Waals surface area contributed by atoms with E-state index in [4.69, 9.17) is 4.74 Å². The number of ether oxygens (including phenoxy) is 1. The number of aliphatic hydroxyl groups excluding tert-OH is 4. The molecular weight excluding hydrogens is 332 g/mol. The highest BCUT2D eigenvalue weighted by atomic mass is 16.6. The van der Waals surface area contributed by atoms with Crippen LogP contribution >= 0.6 is 0 Å². The fourth-order valence-electron chi connectivity index (χ4n) is 3.26. The minimum atomic E-state index is -1.71. The Morgan fingerprint density at radius 1 is 1.32 bits per heavy atom. The molecule has 1 saturated heterocycles. The van der Waals surface area contributed by atoms with E-state index in [0.717, 1.165) is 6.08 Å². The third-order valence-corrected chi connectivity index (χ3v) is 4.54. The van der Waals surface area contributed by atoms with Crippen LogP contribution in [0.4, 0.5) is 5.82 Å². The first-order valence-corrected chi connectivity index (χ1v) is 7.55. The molecule has 4 heterocycles. The highest BCUT2D eigenvalue weighted by Crippen LogP contribution is 2.42. The van der Waals surface area contributed by atoms with Gasteiger partial charge in [-0.05, 0) is 6.92 Å². The summed E-state index contributed by atoms with van der Waals surface area (Å²) in [7, 11) is 0. The number of aliphatic hydroxyl groups is 5. The molecule has 0 aromatic carbocycles. The SMILES string of the molecule is CC1(O)[C@H](O)[C@@H](CO)O[C@H]1n1cc2c3c(ncnc31)N=C(O)C=C2O. The number of aliphatic imine (C=N–C) groups is 1. The van der Waals surface area contributed by atoms with Crippen molar-refractivity contribution in [1.29, 1.82) is 0 Å². The number of rotatable bonds is 2. The van der Waals surface area contributed by atoms with Crippen molar-refractivity contribution < 1.29 is 30.3 Å². The molecule has 25 heavy (non-hydrogen) atoms. The molecule has 2 aromatic heterocycles. The van der Waals surface area contributed by atoms with Gasteiger partial charge in [-0.2, -0.15) is 4.99 Å². The maximum Gasteiger partial charge on any atom is 0.216 e. The monoisotopic (exact) mass is 348 g/mol. The van der Waals surface area contributed by atoms with Crippen LogP contribution in [0.3, 0.4) is 0 Å². The first kappa shape index (κ1) is 16.0. The molecule has 10 nitrogen and oxygen atoms in total. The van der Waals surface area contributed by atoms with Gasteiger partial charge in [0.05, 0.1) is 12.0 Å². The minimum absolute atomic E-state index is 0.147. The van der Waals surface area contributed by atoms with Gasteiger partial charge in [0.1, 0.15) is 35.5 Å². The van der Waals surface area contributed by atoms with Crippen molar-refractivity contribution in [3.8, 4) is 0 Å². The second-order valence-corrected chi connectivity index (χ2v) is 6.23. The Labute approximate surface area is 141 Å². The summed E-state index contributed by atoms with van der Waals surface area (Å²) in [4.78, 5) is 12.1. The van der Waals surface area contributed by atoms with Crippen molar-refractivity contribution in [2.75, 3.05) is 6.61 Å². The van der Waals surface area contributed by atoms with E-state index in [1.165, 1.54) is 24.0 Å². The van der Waals surface area contributed by atoms with E-state index >= 15 is 0 Å². The number of nitrogens with zero attached hydrogens (tertiary/aromatic N) is 4. The molecule has 2 aromatic rings. The molecule has 0 spiro atoms. The fraction of sp³-hybridized carbons (Fsp3) is 0.400. The lowest BCUT2D eigenvalue weighted by Crippen LogP contribution is -2.44. The van der Waals surface area contributed by atoms with Crippen molar-refractivity contribution in [2.45, 2.75) is 31.0 Å². The van der Waals surface area contributed by atoms with Crippen molar-refractivity contribution in [2.24, 2.45) is 4.99 Å². The number of hydrogen-bond donors (Lipinski definition) is 5. The van der Waals surface area contributed by atoms with Crippen LogP contribution in [0, 0.1) is 0 Å². The molecule has 0 aliphatic carbocycles. The summed E-state index contributed by atoms with van der Waals surface area (Å²) in [5, 5.41) is 50.5. The summed E-state index contributed by atoms with van der Waals surface area (Å²) in [6, 6.07) is 0. The minimum Gasteiger partial charge on any atom is -0.507 e. The first-order valence-electron chi connectivity index (χ1n) is 7.55. The standard InChI is InChI=1S/C15H16N4O6/c1-15(24)11(23)8(4-20)25-14(15)19-3-6-7(21)2-9(22)18-12-10(6)13(19)17-5-16-12/h2-3,5,8,11,14,20-21,23-24H,4H2,1H3,(H,16,17,18,22)/t8-,11-,14-,15?/m1/s1. The molecular formula is C15H16N4O6. The molecule has 2 aliphatic heterocycles. The fourth-order valence-corrected chi connectivity index (χ4v) is 3.26. The summed E-state index contributed by atoms with van der Waals surface area (Å²) < 4.78 is 7.05. The smallest absolute Gasteiger partial charge is 0.216 e. The lowest BCUT2D eigenvalue weighted by molar-refractivity contribution is -0.0948. The lowest BCUT2D eigenvalue weighted by Gasteiger charge is -2.27. The van der Waals surface area contributed by atoms with Gasteiger partial charge in [-0.3, -0.25) is 0 Å². The van der Waals surface area contributed by atoms with Gasteiger partial charge < -0.3 is 34.8 Å². The Kier molecular flexibility index (Phi) is 3.34. The van der Waals surface area contributed by atoms with Crippen molar-refractivity contribution in [1.82, 2.24) is 14.5 Å². The third-order valence-electron chi connectivity index (χ3n) is 4.54. The Hall–Kier alpha value is -2.53. The second kappa shape index (κ2) is 5.23. The van der Waals surface area contributed by atoms with Gasteiger partial charge in [-0.1, -0.05) is 0 Å². The van der Waals surface area contributed by atoms with Gasteiger partial charge in [-0.25, -0.2) is 9.97 Å². The van der Waals surface area contributed by atoms with Crippen LogP contribution in [-0.2, 0) is 4.74 Å². The maximum atomic E-state index is 10.7. The highest BCUT2D eigenvalue weighted by molar-refractivity contribution is 6.05.